The lowest BCUT2D eigenvalue weighted by atomic mass is 9.91. The zero-order valence-electron chi connectivity index (χ0n) is 15.3. The summed E-state index contributed by atoms with van der Waals surface area (Å²) in [4.78, 5) is 27.4. The number of phenolic OH excluding ortho intramolecular Hbond substituents is 1. The summed E-state index contributed by atoms with van der Waals surface area (Å²) in [6.45, 7) is 2.51. The van der Waals surface area contributed by atoms with E-state index in [1.165, 1.54) is 11.0 Å². The van der Waals surface area contributed by atoms with E-state index in [-0.39, 0.29) is 30.3 Å². The van der Waals surface area contributed by atoms with Gasteiger partial charge in [-0.2, -0.15) is 0 Å². The SMILES string of the molecule is CN(C)C(=O)COCC[C@H]1CO[C@H]2CN(C(=O)c3cccc(O)c3)C[C@@H]12. The summed E-state index contributed by atoms with van der Waals surface area (Å²) in [7, 11) is 3.41. The molecule has 2 heterocycles. The molecule has 0 saturated carbocycles. The number of rotatable bonds is 6. The summed E-state index contributed by atoms with van der Waals surface area (Å²) in [5.74, 6) is 0.592. The molecule has 26 heavy (non-hydrogen) atoms. The Labute approximate surface area is 153 Å². The summed E-state index contributed by atoms with van der Waals surface area (Å²) in [6.07, 6.45) is 0.875. The minimum atomic E-state index is -0.0783. The molecule has 0 aromatic heterocycles. The summed E-state index contributed by atoms with van der Waals surface area (Å²) in [6, 6.07) is 6.43. The molecule has 2 fully saturated rings. The molecular weight excluding hydrogens is 336 g/mol. The van der Waals surface area contributed by atoms with Crippen molar-refractivity contribution >= 4 is 11.8 Å². The first-order valence-electron chi connectivity index (χ1n) is 8.93. The third kappa shape index (κ3) is 4.16. The van der Waals surface area contributed by atoms with E-state index in [9.17, 15) is 14.7 Å². The summed E-state index contributed by atoms with van der Waals surface area (Å²) >= 11 is 0. The Kier molecular flexibility index (Phi) is 5.78. The molecule has 1 aromatic rings. The zero-order chi connectivity index (χ0) is 18.7. The monoisotopic (exact) mass is 362 g/mol. The fraction of sp³-hybridized carbons (Fsp3) is 0.579. The van der Waals surface area contributed by atoms with E-state index in [1.807, 2.05) is 0 Å². The number of hydrogen-bond acceptors (Lipinski definition) is 5. The van der Waals surface area contributed by atoms with Crippen LogP contribution in [0.15, 0.2) is 24.3 Å². The molecule has 142 valence electrons. The van der Waals surface area contributed by atoms with Crippen LogP contribution in [-0.4, -0.2) is 79.8 Å². The fourth-order valence-corrected chi connectivity index (χ4v) is 3.61. The van der Waals surface area contributed by atoms with Crippen molar-refractivity contribution in [1.29, 1.82) is 0 Å². The van der Waals surface area contributed by atoms with Crippen LogP contribution >= 0.6 is 0 Å². The minimum Gasteiger partial charge on any atom is -0.508 e. The van der Waals surface area contributed by atoms with Crippen molar-refractivity contribution in [3.63, 3.8) is 0 Å². The van der Waals surface area contributed by atoms with Gasteiger partial charge in [0.1, 0.15) is 12.4 Å². The van der Waals surface area contributed by atoms with Gasteiger partial charge in [-0.1, -0.05) is 6.07 Å². The van der Waals surface area contributed by atoms with Crippen molar-refractivity contribution in [3.05, 3.63) is 29.8 Å². The zero-order valence-corrected chi connectivity index (χ0v) is 15.3. The molecule has 7 heteroatoms. The lowest BCUT2D eigenvalue weighted by Gasteiger charge is -2.20. The van der Waals surface area contributed by atoms with E-state index in [0.29, 0.717) is 43.7 Å². The third-order valence-electron chi connectivity index (χ3n) is 5.18. The minimum absolute atomic E-state index is 0.0469. The lowest BCUT2D eigenvalue weighted by Crippen LogP contribution is -2.31. The van der Waals surface area contributed by atoms with Crippen LogP contribution in [0.1, 0.15) is 16.8 Å². The summed E-state index contributed by atoms with van der Waals surface area (Å²) in [5, 5.41) is 9.57. The Morgan fingerprint density at radius 3 is 2.88 bits per heavy atom. The molecule has 2 amide bonds. The van der Waals surface area contributed by atoms with Crippen LogP contribution in [0.4, 0.5) is 0 Å². The van der Waals surface area contributed by atoms with Crippen LogP contribution in [0.5, 0.6) is 5.75 Å². The Balaban J connectivity index is 1.49. The Morgan fingerprint density at radius 1 is 1.35 bits per heavy atom. The number of likely N-dealkylation sites (N-methyl/N-ethyl adjacent to an activating group) is 1. The van der Waals surface area contributed by atoms with Gasteiger partial charge >= 0.3 is 0 Å². The van der Waals surface area contributed by atoms with Crippen molar-refractivity contribution in [3.8, 4) is 5.75 Å². The van der Waals surface area contributed by atoms with Crippen LogP contribution in [0.3, 0.4) is 0 Å². The fourth-order valence-electron chi connectivity index (χ4n) is 3.61. The standard InChI is InChI=1S/C19H26N2O5/c1-20(2)18(23)12-25-7-6-14-11-26-17-10-21(9-16(14)17)19(24)13-4-3-5-15(22)8-13/h3-5,8,14,16-17,22H,6-7,9-12H2,1-2H3/t14-,16-,17-/m0/s1. The third-order valence-corrected chi connectivity index (χ3v) is 5.18. The van der Waals surface area contributed by atoms with E-state index in [4.69, 9.17) is 9.47 Å². The van der Waals surface area contributed by atoms with Gasteiger partial charge in [-0.3, -0.25) is 9.59 Å². The molecule has 0 radical (unpaired) electrons. The normalized spacial score (nSPS) is 24.5. The average Bonchev–Trinajstić information content (AvgIpc) is 3.19. The number of amides is 2. The van der Waals surface area contributed by atoms with Crippen molar-refractivity contribution in [1.82, 2.24) is 9.80 Å². The first-order chi connectivity index (χ1) is 12.5. The molecular formula is C19H26N2O5. The van der Waals surface area contributed by atoms with E-state index in [0.717, 1.165) is 6.42 Å². The molecule has 0 unspecified atom stereocenters. The highest BCUT2D eigenvalue weighted by molar-refractivity contribution is 5.94. The molecule has 2 aliphatic rings. The Morgan fingerprint density at radius 2 is 2.15 bits per heavy atom. The van der Waals surface area contributed by atoms with Gasteiger partial charge in [0.15, 0.2) is 0 Å². The highest BCUT2D eigenvalue weighted by Crippen LogP contribution is 2.36. The van der Waals surface area contributed by atoms with E-state index in [2.05, 4.69) is 0 Å². The topological polar surface area (TPSA) is 79.3 Å². The van der Waals surface area contributed by atoms with Crippen molar-refractivity contribution in [2.45, 2.75) is 12.5 Å². The number of likely N-dealkylation sites (tertiary alicyclic amines) is 1. The molecule has 3 rings (SSSR count). The van der Waals surface area contributed by atoms with Crippen LogP contribution in [0.2, 0.25) is 0 Å². The van der Waals surface area contributed by atoms with E-state index in [1.54, 1.807) is 37.2 Å². The molecule has 0 spiro atoms. The second kappa shape index (κ2) is 8.05. The first kappa shape index (κ1) is 18.7. The van der Waals surface area contributed by atoms with Crippen LogP contribution < -0.4 is 0 Å². The highest BCUT2D eigenvalue weighted by atomic mass is 16.5. The van der Waals surface area contributed by atoms with Crippen molar-refractivity contribution < 1.29 is 24.2 Å². The number of hydrogen-bond donors (Lipinski definition) is 1. The molecule has 1 aromatic carbocycles. The van der Waals surface area contributed by atoms with Gasteiger partial charge in [0, 0.05) is 45.3 Å². The van der Waals surface area contributed by atoms with Gasteiger partial charge in [0.25, 0.3) is 5.91 Å². The number of carbonyl (C=O) groups excluding carboxylic acids is 2. The number of ether oxygens (including phenoxy) is 2. The molecule has 0 aliphatic carbocycles. The van der Waals surface area contributed by atoms with Gasteiger partial charge in [0.05, 0.1) is 12.7 Å². The maximum absolute atomic E-state index is 12.6. The van der Waals surface area contributed by atoms with E-state index >= 15 is 0 Å². The average molecular weight is 362 g/mol. The van der Waals surface area contributed by atoms with Gasteiger partial charge in [-0.25, -0.2) is 0 Å². The molecule has 7 nitrogen and oxygen atoms in total. The first-order valence-corrected chi connectivity index (χ1v) is 8.93. The van der Waals surface area contributed by atoms with Gasteiger partial charge in [-0.15, -0.1) is 0 Å². The van der Waals surface area contributed by atoms with Crippen molar-refractivity contribution in [2.75, 3.05) is 47.0 Å². The predicted molar refractivity (Wildman–Crippen MR) is 94.9 cm³/mol. The number of carbonyl (C=O) groups is 2. The van der Waals surface area contributed by atoms with E-state index < -0.39 is 0 Å². The summed E-state index contributed by atoms with van der Waals surface area (Å²) < 4.78 is 11.3. The molecule has 2 saturated heterocycles. The Bertz CT molecular complexity index is 663. The predicted octanol–water partition coefficient (Wildman–Crippen LogP) is 0.974. The van der Waals surface area contributed by atoms with Gasteiger partial charge in [-0.05, 0) is 30.5 Å². The highest BCUT2D eigenvalue weighted by Gasteiger charge is 2.45. The number of phenols is 1. The van der Waals surface area contributed by atoms with Crippen LogP contribution in [0, 0.1) is 11.8 Å². The second-order valence-corrected chi connectivity index (χ2v) is 7.19. The van der Waals surface area contributed by atoms with Crippen LogP contribution in [-0.2, 0) is 14.3 Å². The Hall–Kier alpha value is -2.12. The largest absolute Gasteiger partial charge is 0.508 e. The summed E-state index contributed by atoms with van der Waals surface area (Å²) in [5.41, 5.74) is 0.493. The van der Waals surface area contributed by atoms with Crippen molar-refractivity contribution in [2.24, 2.45) is 11.8 Å². The maximum atomic E-state index is 12.6. The molecule has 0 bridgehead atoms. The molecule has 2 aliphatic heterocycles. The number of benzene rings is 1. The van der Waals surface area contributed by atoms with Gasteiger partial charge < -0.3 is 24.4 Å². The number of nitrogens with zero attached hydrogens (tertiary/aromatic N) is 2. The number of aromatic hydroxyl groups is 1. The van der Waals surface area contributed by atoms with Crippen LogP contribution in [0.25, 0.3) is 0 Å². The molecule has 1 N–H and O–H groups in total. The second-order valence-electron chi connectivity index (χ2n) is 7.19. The number of fused-ring (bicyclic) bond motifs is 1. The molecule has 3 atom stereocenters. The lowest BCUT2D eigenvalue weighted by molar-refractivity contribution is -0.133. The quantitative estimate of drug-likeness (QED) is 0.763. The van der Waals surface area contributed by atoms with Gasteiger partial charge in [0.2, 0.25) is 5.91 Å². The maximum Gasteiger partial charge on any atom is 0.254 e. The smallest absolute Gasteiger partial charge is 0.254 e.